The summed E-state index contributed by atoms with van der Waals surface area (Å²) in [5.41, 5.74) is 3.57. The van der Waals surface area contributed by atoms with Crippen LogP contribution in [-0.4, -0.2) is 38.5 Å². The van der Waals surface area contributed by atoms with E-state index in [2.05, 4.69) is 136 Å². The van der Waals surface area contributed by atoms with Crippen molar-refractivity contribution < 1.29 is 25.9 Å². The Kier molecular flexibility index (Phi) is 17.2. The molecule has 0 unspecified atom stereocenters. The van der Waals surface area contributed by atoms with Gasteiger partial charge in [-0.25, -0.2) is 16.8 Å². The van der Waals surface area contributed by atoms with E-state index in [-0.39, 0.29) is 25.8 Å². The standard InChI is InChI=1S/C19H17S.C9H13S.C7H8O3S.C6H4Cl2O3S/c1-16-12-14-19(15-13-16)20(17-8-4-2-5-9-17)18-10-6-3-7-11-18;1-8-4-6-9(7-5-8)10(2)3;1-6-2-4-7(5-3-6)11(8,9)10;7-4-1-2-5(8)6(3-4)12(9,10)11/h2-15H,1H3;4-7H,1-3H3;2-5H,1H3,(H,8,9,10);1-3H,(H,9,10,11)/q2*+1;;/p-2. The van der Waals surface area contributed by atoms with Crippen molar-refractivity contribution in [3.05, 3.63) is 178 Å². The van der Waals surface area contributed by atoms with Crippen LogP contribution in [0.5, 0.6) is 0 Å². The first-order valence-electron chi connectivity index (χ1n) is 15.9. The topological polar surface area (TPSA) is 114 Å². The molecule has 6 aromatic carbocycles. The maximum Gasteiger partial charge on any atom is 0.166 e. The zero-order valence-electron chi connectivity index (χ0n) is 29.8. The van der Waals surface area contributed by atoms with Gasteiger partial charge < -0.3 is 9.11 Å². The number of aryl methyl sites for hydroxylation is 3. The van der Waals surface area contributed by atoms with Crippen molar-refractivity contribution in [2.24, 2.45) is 0 Å². The fraction of sp³-hybridized carbons (Fsp3) is 0.122. The summed E-state index contributed by atoms with van der Waals surface area (Å²) in [6, 6.07) is 48.6. The molecular formula is C41H40Cl2O6S4. The van der Waals surface area contributed by atoms with E-state index in [0.29, 0.717) is 10.9 Å². The Morgan fingerprint density at radius 1 is 0.472 bits per heavy atom. The Bertz CT molecular complexity index is 2190. The van der Waals surface area contributed by atoms with Crippen LogP contribution in [0.4, 0.5) is 0 Å². The van der Waals surface area contributed by atoms with Crippen molar-refractivity contribution in [3.8, 4) is 0 Å². The molecule has 0 fully saturated rings. The molecule has 0 saturated carbocycles. The van der Waals surface area contributed by atoms with Crippen molar-refractivity contribution in [1.82, 2.24) is 0 Å². The van der Waals surface area contributed by atoms with Gasteiger partial charge in [-0.2, -0.15) is 0 Å². The Hall–Kier alpha value is -3.58. The summed E-state index contributed by atoms with van der Waals surface area (Å²) >= 11 is 10.9. The van der Waals surface area contributed by atoms with E-state index in [4.69, 9.17) is 23.2 Å². The summed E-state index contributed by atoms with van der Waals surface area (Å²) in [5, 5.41) is 0.0447. The third-order valence-corrected chi connectivity index (χ3v) is 13.0. The monoisotopic (exact) mass is 826 g/mol. The quantitative estimate of drug-likeness (QED) is 0.122. The van der Waals surface area contributed by atoms with Crippen molar-refractivity contribution in [2.45, 2.75) is 50.1 Å². The third kappa shape index (κ3) is 15.0. The highest BCUT2D eigenvalue weighted by Gasteiger charge is 2.27. The van der Waals surface area contributed by atoms with Gasteiger partial charge in [0.25, 0.3) is 0 Å². The van der Waals surface area contributed by atoms with Crippen LogP contribution in [0.15, 0.2) is 181 Å². The molecule has 0 bridgehead atoms. The fourth-order valence-electron chi connectivity index (χ4n) is 4.38. The largest absolute Gasteiger partial charge is 0.744 e. The number of halogens is 2. The van der Waals surface area contributed by atoms with E-state index < -0.39 is 25.1 Å². The van der Waals surface area contributed by atoms with Gasteiger partial charge in [0.1, 0.15) is 32.7 Å². The first-order chi connectivity index (χ1) is 25.0. The molecule has 0 atom stereocenters. The first-order valence-corrected chi connectivity index (χ1v) is 22.8. The first kappa shape index (κ1) is 43.8. The molecule has 0 spiro atoms. The van der Waals surface area contributed by atoms with E-state index >= 15 is 0 Å². The van der Waals surface area contributed by atoms with Gasteiger partial charge in [0.15, 0.2) is 19.6 Å². The lowest BCUT2D eigenvalue weighted by atomic mass is 10.2. The van der Waals surface area contributed by atoms with Gasteiger partial charge in [0.05, 0.1) is 25.7 Å². The van der Waals surface area contributed by atoms with Crippen LogP contribution >= 0.6 is 23.2 Å². The lowest BCUT2D eigenvalue weighted by molar-refractivity contribution is 0.461. The zero-order chi connectivity index (χ0) is 39.2. The number of rotatable bonds is 6. The summed E-state index contributed by atoms with van der Waals surface area (Å²) < 4.78 is 62.7. The summed E-state index contributed by atoms with van der Waals surface area (Å²) in [4.78, 5) is 4.88. The van der Waals surface area contributed by atoms with Crippen LogP contribution in [-0.2, 0) is 42.0 Å². The highest BCUT2D eigenvalue weighted by atomic mass is 35.5. The van der Waals surface area contributed by atoms with Crippen LogP contribution in [0.1, 0.15) is 16.7 Å². The third-order valence-electron chi connectivity index (χ3n) is 7.18. The SMILES string of the molecule is Cc1ccc(S(=O)(=O)[O-])cc1.Cc1ccc([S+](C)C)cc1.Cc1ccc([S+](c2ccccc2)c2ccccc2)cc1.O=S(=O)([O-])c1cc(Cl)ccc1Cl. The minimum atomic E-state index is -4.52. The molecule has 0 heterocycles. The van der Waals surface area contributed by atoms with E-state index in [1.807, 2.05) is 6.92 Å². The summed E-state index contributed by atoms with van der Waals surface area (Å²) in [6.07, 6.45) is 4.48. The second-order valence-corrected chi connectivity index (χ2v) is 19.4. The van der Waals surface area contributed by atoms with Crippen LogP contribution in [0.25, 0.3) is 0 Å². The maximum absolute atomic E-state index is 10.5. The lowest BCUT2D eigenvalue weighted by Gasteiger charge is -2.08. The molecule has 6 aromatic rings. The Morgan fingerprint density at radius 2 is 0.849 bits per heavy atom. The molecule has 0 aliphatic heterocycles. The van der Waals surface area contributed by atoms with Gasteiger partial charge in [-0.05, 0) is 99.6 Å². The zero-order valence-corrected chi connectivity index (χ0v) is 34.6. The Morgan fingerprint density at radius 3 is 1.21 bits per heavy atom. The molecule has 53 heavy (non-hydrogen) atoms. The van der Waals surface area contributed by atoms with Crippen LogP contribution in [0.3, 0.4) is 0 Å². The molecule has 0 amide bonds. The van der Waals surface area contributed by atoms with Gasteiger partial charge in [-0.1, -0.05) is 113 Å². The van der Waals surface area contributed by atoms with Crippen LogP contribution < -0.4 is 0 Å². The van der Waals surface area contributed by atoms with Crippen LogP contribution in [0, 0.1) is 20.8 Å². The molecule has 278 valence electrons. The molecule has 0 saturated heterocycles. The van der Waals surface area contributed by atoms with E-state index in [0.717, 1.165) is 11.6 Å². The Labute approximate surface area is 330 Å². The normalized spacial score (nSPS) is 11.0. The molecule has 6 rings (SSSR count). The number of hydrogen-bond donors (Lipinski definition) is 0. The molecule has 0 radical (unpaired) electrons. The second kappa shape index (κ2) is 20.8. The van der Waals surface area contributed by atoms with Gasteiger partial charge in [0.2, 0.25) is 0 Å². The molecule has 0 aliphatic carbocycles. The number of benzene rings is 6. The highest BCUT2D eigenvalue weighted by molar-refractivity contribution is 7.97. The van der Waals surface area contributed by atoms with Crippen molar-refractivity contribution in [3.63, 3.8) is 0 Å². The second-order valence-electron chi connectivity index (χ2n) is 11.7. The van der Waals surface area contributed by atoms with E-state index in [1.165, 1.54) is 55.0 Å². The van der Waals surface area contributed by atoms with Crippen molar-refractivity contribution in [2.75, 3.05) is 12.5 Å². The summed E-state index contributed by atoms with van der Waals surface area (Å²) in [5.74, 6) is 0. The molecule has 6 nitrogen and oxygen atoms in total. The molecule has 0 N–H and O–H groups in total. The van der Waals surface area contributed by atoms with E-state index in [9.17, 15) is 25.9 Å². The predicted molar refractivity (Wildman–Crippen MR) is 218 cm³/mol. The van der Waals surface area contributed by atoms with Crippen molar-refractivity contribution >= 4 is 65.2 Å². The highest BCUT2D eigenvalue weighted by Crippen LogP contribution is 2.31. The van der Waals surface area contributed by atoms with Gasteiger partial charge >= 0.3 is 0 Å². The predicted octanol–water partition coefficient (Wildman–Crippen LogP) is 10.1. The van der Waals surface area contributed by atoms with Gasteiger partial charge in [-0.3, -0.25) is 0 Å². The van der Waals surface area contributed by atoms with Crippen molar-refractivity contribution in [1.29, 1.82) is 0 Å². The van der Waals surface area contributed by atoms with Crippen LogP contribution in [0.2, 0.25) is 10.0 Å². The average Bonchev–Trinajstić information content (AvgIpc) is 3.12. The molecule has 12 heteroatoms. The minimum Gasteiger partial charge on any atom is -0.744 e. The summed E-state index contributed by atoms with van der Waals surface area (Å²) in [7, 11) is -8.40. The smallest absolute Gasteiger partial charge is 0.166 e. The Balaban J connectivity index is 0.000000200. The summed E-state index contributed by atoms with van der Waals surface area (Å²) in [6.45, 7) is 6.07. The minimum absolute atomic E-state index is 0.0229. The fourth-order valence-corrected chi connectivity index (χ4v) is 8.83. The van der Waals surface area contributed by atoms with Gasteiger partial charge in [-0.15, -0.1) is 0 Å². The molecule has 0 aliphatic rings. The lowest BCUT2D eigenvalue weighted by Crippen LogP contribution is -2.04. The maximum atomic E-state index is 10.5. The number of hydrogen-bond acceptors (Lipinski definition) is 6. The molecular weight excluding hydrogens is 788 g/mol. The van der Waals surface area contributed by atoms with E-state index in [1.54, 1.807) is 12.1 Å². The molecule has 0 aromatic heterocycles. The average molecular weight is 828 g/mol. The van der Waals surface area contributed by atoms with Gasteiger partial charge in [0, 0.05) is 15.9 Å².